The zero-order valence-corrected chi connectivity index (χ0v) is 14.6. The van der Waals surface area contributed by atoms with Crippen LogP contribution in [0.5, 0.6) is 0 Å². The van der Waals surface area contributed by atoms with Gasteiger partial charge in [0.15, 0.2) is 5.65 Å². The van der Waals surface area contributed by atoms with Gasteiger partial charge >= 0.3 is 0 Å². The molecule has 3 rings (SSSR count). The summed E-state index contributed by atoms with van der Waals surface area (Å²) in [7, 11) is 0. The number of hydrogen-bond donors (Lipinski definition) is 1. The molecule has 1 aromatic carbocycles. The first kappa shape index (κ1) is 15.3. The second-order valence-electron chi connectivity index (χ2n) is 4.91. The molecule has 114 valence electrons. The van der Waals surface area contributed by atoms with E-state index in [1.54, 1.807) is 11.8 Å². The normalized spacial score (nSPS) is 11.2. The standard InChI is InChI=1S/C15H16BrN5S/c1-2-7-21-9-18-12-13(21)19-15(17)20-14(12)22-8-10-3-5-11(16)6-4-10/h3-6,9H,2,7-8H2,1H3,(H2,17,19,20). The highest BCUT2D eigenvalue weighted by Gasteiger charge is 2.12. The maximum atomic E-state index is 5.85. The van der Waals surface area contributed by atoms with Gasteiger partial charge in [-0.3, -0.25) is 0 Å². The summed E-state index contributed by atoms with van der Waals surface area (Å²) < 4.78 is 3.10. The minimum atomic E-state index is 0.295. The van der Waals surface area contributed by atoms with Gasteiger partial charge < -0.3 is 10.3 Å². The summed E-state index contributed by atoms with van der Waals surface area (Å²) in [4.78, 5) is 13.1. The van der Waals surface area contributed by atoms with E-state index in [0.717, 1.165) is 39.4 Å². The number of rotatable bonds is 5. The minimum Gasteiger partial charge on any atom is -0.368 e. The molecule has 0 spiro atoms. The third kappa shape index (κ3) is 3.25. The van der Waals surface area contributed by atoms with Crippen molar-refractivity contribution < 1.29 is 0 Å². The highest BCUT2D eigenvalue weighted by Crippen LogP contribution is 2.28. The number of aromatic nitrogens is 4. The Balaban J connectivity index is 1.88. The van der Waals surface area contributed by atoms with E-state index >= 15 is 0 Å². The molecule has 22 heavy (non-hydrogen) atoms. The lowest BCUT2D eigenvalue weighted by Gasteiger charge is -2.05. The van der Waals surface area contributed by atoms with Crippen LogP contribution < -0.4 is 5.73 Å². The molecule has 0 fully saturated rings. The van der Waals surface area contributed by atoms with E-state index in [0.29, 0.717) is 5.95 Å². The molecule has 0 aliphatic carbocycles. The Kier molecular flexibility index (Phi) is 4.63. The Morgan fingerprint density at radius 1 is 1.23 bits per heavy atom. The Labute approximate surface area is 141 Å². The van der Waals surface area contributed by atoms with Crippen LogP contribution in [0.25, 0.3) is 11.2 Å². The molecule has 0 aliphatic heterocycles. The molecule has 2 N–H and O–H groups in total. The van der Waals surface area contributed by atoms with Gasteiger partial charge in [0.25, 0.3) is 0 Å². The minimum absolute atomic E-state index is 0.295. The van der Waals surface area contributed by atoms with E-state index in [1.807, 2.05) is 23.0 Å². The number of halogens is 1. The number of nitrogens with two attached hydrogens (primary N) is 1. The molecule has 0 bridgehead atoms. The van der Waals surface area contributed by atoms with E-state index in [9.17, 15) is 0 Å². The molecule has 2 heterocycles. The summed E-state index contributed by atoms with van der Waals surface area (Å²) in [5.41, 5.74) is 8.72. The van der Waals surface area contributed by atoms with Crippen LogP contribution in [0.15, 0.2) is 40.1 Å². The molecule has 7 heteroatoms. The quantitative estimate of drug-likeness (QED) is 0.539. The molecule has 0 saturated heterocycles. The fraction of sp³-hybridized carbons (Fsp3) is 0.267. The van der Waals surface area contributed by atoms with E-state index in [2.05, 4.69) is 49.9 Å². The monoisotopic (exact) mass is 377 g/mol. The van der Waals surface area contributed by atoms with Crippen LogP contribution in [0.4, 0.5) is 5.95 Å². The van der Waals surface area contributed by atoms with Crippen molar-refractivity contribution in [2.75, 3.05) is 5.73 Å². The molecular formula is C15H16BrN5S. The number of anilines is 1. The van der Waals surface area contributed by atoms with E-state index in [4.69, 9.17) is 5.73 Å². The fourth-order valence-corrected chi connectivity index (χ4v) is 3.37. The van der Waals surface area contributed by atoms with Gasteiger partial charge in [-0.2, -0.15) is 4.98 Å². The summed E-state index contributed by atoms with van der Waals surface area (Å²) in [5.74, 6) is 1.11. The zero-order valence-electron chi connectivity index (χ0n) is 12.2. The van der Waals surface area contributed by atoms with Gasteiger partial charge in [-0.1, -0.05) is 46.7 Å². The topological polar surface area (TPSA) is 69.6 Å². The number of fused-ring (bicyclic) bond motifs is 1. The van der Waals surface area contributed by atoms with Gasteiger partial charge in [0, 0.05) is 16.8 Å². The van der Waals surface area contributed by atoms with Crippen molar-refractivity contribution in [2.24, 2.45) is 0 Å². The van der Waals surface area contributed by atoms with Crippen LogP contribution >= 0.6 is 27.7 Å². The lowest BCUT2D eigenvalue weighted by molar-refractivity contribution is 0.691. The Hall–Kier alpha value is -1.60. The number of nitrogens with zero attached hydrogens (tertiary/aromatic N) is 4. The van der Waals surface area contributed by atoms with Crippen LogP contribution in [-0.4, -0.2) is 19.5 Å². The summed E-state index contributed by atoms with van der Waals surface area (Å²) in [6.45, 7) is 3.00. The molecule has 0 radical (unpaired) electrons. The average Bonchev–Trinajstić information content (AvgIpc) is 2.90. The van der Waals surface area contributed by atoms with Crippen LogP contribution in [0.2, 0.25) is 0 Å². The molecule has 0 atom stereocenters. The lowest BCUT2D eigenvalue weighted by atomic mass is 10.2. The van der Waals surface area contributed by atoms with Crippen molar-refractivity contribution in [2.45, 2.75) is 30.7 Å². The highest BCUT2D eigenvalue weighted by molar-refractivity contribution is 9.10. The molecule has 2 aromatic heterocycles. The molecular weight excluding hydrogens is 362 g/mol. The first-order valence-electron chi connectivity index (χ1n) is 7.03. The predicted molar refractivity (Wildman–Crippen MR) is 93.7 cm³/mol. The highest BCUT2D eigenvalue weighted by atomic mass is 79.9. The first-order valence-corrected chi connectivity index (χ1v) is 8.81. The number of imidazole rings is 1. The fourth-order valence-electron chi connectivity index (χ4n) is 2.17. The summed E-state index contributed by atoms with van der Waals surface area (Å²) in [6, 6.07) is 8.26. The largest absolute Gasteiger partial charge is 0.368 e. The van der Waals surface area contributed by atoms with Crippen molar-refractivity contribution >= 4 is 44.8 Å². The van der Waals surface area contributed by atoms with Crippen molar-refractivity contribution in [1.29, 1.82) is 0 Å². The van der Waals surface area contributed by atoms with Gasteiger partial charge in [-0.15, -0.1) is 0 Å². The van der Waals surface area contributed by atoms with Crippen LogP contribution in [0.3, 0.4) is 0 Å². The molecule has 3 aromatic rings. The van der Waals surface area contributed by atoms with Crippen LogP contribution in [-0.2, 0) is 12.3 Å². The Morgan fingerprint density at radius 3 is 2.73 bits per heavy atom. The average molecular weight is 378 g/mol. The van der Waals surface area contributed by atoms with Gasteiger partial charge in [0.05, 0.1) is 6.33 Å². The SMILES string of the molecule is CCCn1cnc2c(SCc3ccc(Br)cc3)nc(N)nc21. The smallest absolute Gasteiger partial charge is 0.223 e. The number of thioether (sulfide) groups is 1. The summed E-state index contributed by atoms with van der Waals surface area (Å²) >= 11 is 5.08. The van der Waals surface area contributed by atoms with E-state index in [1.165, 1.54) is 5.56 Å². The number of hydrogen-bond acceptors (Lipinski definition) is 5. The lowest BCUT2D eigenvalue weighted by Crippen LogP contribution is -2.01. The Bertz CT molecular complexity index is 784. The number of benzene rings is 1. The first-order chi connectivity index (χ1) is 10.7. The maximum absolute atomic E-state index is 5.85. The third-order valence-electron chi connectivity index (χ3n) is 3.20. The molecule has 0 unspecified atom stereocenters. The third-order valence-corrected chi connectivity index (χ3v) is 4.77. The second kappa shape index (κ2) is 6.66. The van der Waals surface area contributed by atoms with E-state index in [-0.39, 0.29) is 0 Å². The molecule has 0 amide bonds. The maximum Gasteiger partial charge on any atom is 0.223 e. The van der Waals surface area contributed by atoms with Crippen molar-refractivity contribution in [1.82, 2.24) is 19.5 Å². The van der Waals surface area contributed by atoms with Crippen molar-refractivity contribution in [3.8, 4) is 0 Å². The molecule has 5 nitrogen and oxygen atoms in total. The molecule has 0 saturated carbocycles. The van der Waals surface area contributed by atoms with Crippen molar-refractivity contribution in [3.05, 3.63) is 40.6 Å². The molecule has 0 aliphatic rings. The van der Waals surface area contributed by atoms with Gasteiger partial charge in [0.1, 0.15) is 10.5 Å². The van der Waals surface area contributed by atoms with Gasteiger partial charge in [-0.05, 0) is 24.1 Å². The van der Waals surface area contributed by atoms with E-state index < -0.39 is 0 Å². The summed E-state index contributed by atoms with van der Waals surface area (Å²) in [6.07, 6.45) is 2.84. The van der Waals surface area contributed by atoms with Crippen LogP contribution in [0.1, 0.15) is 18.9 Å². The summed E-state index contributed by atoms with van der Waals surface area (Å²) in [5, 5.41) is 0.834. The predicted octanol–water partition coefficient (Wildman–Crippen LogP) is 3.87. The zero-order chi connectivity index (χ0) is 15.5. The Morgan fingerprint density at radius 2 is 2.00 bits per heavy atom. The van der Waals surface area contributed by atoms with Gasteiger partial charge in [0.2, 0.25) is 5.95 Å². The van der Waals surface area contributed by atoms with Gasteiger partial charge in [-0.25, -0.2) is 9.97 Å². The van der Waals surface area contributed by atoms with Crippen molar-refractivity contribution in [3.63, 3.8) is 0 Å². The second-order valence-corrected chi connectivity index (χ2v) is 6.79. The van der Waals surface area contributed by atoms with Crippen LogP contribution in [0, 0.1) is 0 Å². The number of nitrogen functional groups attached to an aromatic ring is 1. The number of aryl methyl sites for hydroxylation is 1.